The molecule has 5 nitrogen and oxygen atoms in total. The highest BCUT2D eigenvalue weighted by atomic mass is 32.2. The van der Waals surface area contributed by atoms with Gasteiger partial charge in [-0.1, -0.05) is 11.8 Å². The lowest BCUT2D eigenvalue weighted by molar-refractivity contribution is 0.1000. The van der Waals surface area contributed by atoms with Crippen molar-refractivity contribution in [1.82, 2.24) is 14.4 Å². The smallest absolute Gasteiger partial charge is 0.169 e. The molecule has 3 heterocycles. The van der Waals surface area contributed by atoms with Crippen molar-refractivity contribution in [3.63, 3.8) is 0 Å². The Labute approximate surface area is 103 Å². The fraction of sp³-hybridized carbons (Fsp3) is 0.455. The molecule has 2 N–H and O–H groups in total. The first-order chi connectivity index (χ1) is 8.33. The van der Waals surface area contributed by atoms with Crippen molar-refractivity contribution < 1.29 is 4.74 Å². The Kier molecular flexibility index (Phi) is 2.90. The van der Waals surface area contributed by atoms with Crippen LogP contribution in [0.4, 0.5) is 5.82 Å². The van der Waals surface area contributed by atoms with Crippen LogP contribution >= 0.6 is 11.8 Å². The molecule has 0 spiro atoms. The molecule has 90 valence electrons. The third-order valence-corrected chi connectivity index (χ3v) is 4.11. The molecular weight excluding hydrogens is 236 g/mol. The van der Waals surface area contributed by atoms with E-state index in [4.69, 9.17) is 10.5 Å². The highest BCUT2D eigenvalue weighted by Gasteiger charge is 2.18. The van der Waals surface area contributed by atoms with Crippen molar-refractivity contribution in [3.05, 3.63) is 18.6 Å². The lowest BCUT2D eigenvalue weighted by Gasteiger charge is -2.21. The van der Waals surface area contributed by atoms with Gasteiger partial charge in [0.2, 0.25) is 0 Å². The molecule has 0 atom stereocenters. The fourth-order valence-corrected chi connectivity index (χ4v) is 3.12. The van der Waals surface area contributed by atoms with Crippen LogP contribution in [0.15, 0.2) is 23.6 Å². The zero-order valence-corrected chi connectivity index (χ0v) is 10.2. The van der Waals surface area contributed by atoms with Gasteiger partial charge in [0.25, 0.3) is 0 Å². The minimum Gasteiger partial charge on any atom is -0.382 e. The summed E-state index contributed by atoms with van der Waals surface area (Å²) in [4.78, 5) is 8.70. The topological polar surface area (TPSA) is 65.4 Å². The van der Waals surface area contributed by atoms with Crippen LogP contribution in [0.1, 0.15) is 12.8 Å². The first-order valence-corrected chi connectivity index (χ1v) is 6.54. The number of nitrogens with two attached hydrogens (primary N) is 1. The largest absolute Gasteiger partial charge is 0.382 e. The van der Waals surface area contributed by atoms with Gasteiger partial charge in [0, 0.05) is 30.9 Å². The molecule has 0 unspecified atom stereocenters. The number of hydrogen-bond donors (Lipinski definition) is 1. The number of nitrogen functional groups attached to an aromatic ring is 1. The molecule has 0 amide bonds. The zero-order chi connectivity index (χ0) is 11.7. The van der Waals surface area contributed by atoms with Gasteiger partial charge in [-0.25, -0.2) is 9.97 Å². The molecule has 0 bridgehead atoms. The molecule has 1 saturated heterocycles. The number of fused-ring (bicyclic) bond motifs is 1. The van der Waals surface area contributed by atoms with E-state index in [0.717, 1.165) is 36.7 Å². The van der Waals surface area contributed by atoms with Gasteiger partial charge < -0.3 is 14.9 Å². The molecule has 3 rings (SSSR count). The fourth-order valence-electron chi connectivity index (χ4n) is 1.95. The predicted octanol–water partition coefficient (Wildman–Crippen LogP) is 1.58. The molecule has 0 aliphatic carbocycles. The summed E-state index contributed by atoms with van der Waals surface area (Å²) in [5.41, 5.74) is 6.68. The van der Waals surface area contributed by atoms with Gasteiger partial charge in [-0.15, -0.1) is 0 Å². The first kappa shape index (κ1) is 10.9. The molecular formula is C11H14N4OS. The van der Waals surface area contributed by atoms with E-state index in [2.05, 4.69) is 9.97 Å². The molecule has 1 fully saturated rings. The molecule has 0 aromatic carbocycles. The van der Waals surface area contributed by atoms with E-state index < -0.39 is 0 Å². The Hall–Kier alpha value is -1.27. The number of aromatic nitrogens is 3. The summed E-state index contributed by atoms with van der Waals surface area (Å²) in [6, 6.07) is 0. The summed E-state index contributed by atoms with van der Waals surface area (Å²) in [5, 5.41) is 1.47. The predicted molar refractivity (Wildman–Crippen MR) is 67.1 cm³/mol. The Balaban J connectivity index is 1.90. The van der Waals surface area contributed by atoms with Crippen LogP contribution in [0.2, 0.25) is 0 Å². The van der Waals surface area contributed by atoms with Crippen LogP contribution in [-0.4, -0.2) is 32.8 Å². The van der Waals surface area contributed by atoms with Crippen LogP contribution in [0, 0.1) is 0 Å². The molecule has 1 aliphatic heterocycles. The molecule has 0 saturated carbocycles. The molecule has 2 aromatic heterocycles. The van der Waals surface area contributed by atoms with Crippen molar-refractivity contribution in [2.45, 2.75) is 23.1 Å². The highest BCUT2D eigenvalue weighted by molar-refractivity contribution is 8.00. The third kappa shape index (κ3) is 2.23. The van der Waals surface area contributed by atoms with Crippen molar-refractivity contribution in [2.75, 3.05) is 18.9 Å². The normalized spacial score (nSPS) is 17.6. The Morgan fingerprint density at radius 3 is 3.06 bits per heavy atom. The number of imidazole rings is 1. The maximum atomic E-state index is 5.79. The second-order valence-corrected chi connectivity index (χ2v) is 5.35. The maximum absolute atomic E-state index is 5.79. The summed E-state index contributed by atoms with van der Waals surface area (Å²) in [7, 11) is 0. The van der Waals surface area contributed by atoms with Gasteiger partial charge in [-0.05, 0) is 12.8 Å². The van der Waals surface area contributed by atoms with Gasteiger partial charge in [-0.2, -0.15) is 0 Å². The lowest BCUT2D eigenvalue weighted by Crippen LogP contribution is -2.17. The second-order valence-electron chi connectivity index (χ2n) is 4.06. The zero-order valence-electron chi connectivity index (χ0n) is 9.37. The van der Waals surface area contributed by atoms with Crippen molar-refractivity contribution in [2.24, 2.45) is 0 Å². The Morgan fingerprint density at radius 2 is 2.24 bits per heavy atom. The number of hydrogen-bond acceptors (Lipinski definition) is 5. The van der Waals surface area contributed by atoms with E-state index in [1.807, 2.05) is 10.6 Å². The van der Waals surface area contributed by atoms with Gasteiger partial charge >= 0.3 is 0 Å². The van der Waals surface area contributed by atoms with E-state index >= 15 is 0 Å². The maximum Gasteiger partial charge on any atom is 0.169 e. The second kappa shape index (κ2) is 4.54. The minimum absolute atomic E-state index is 0.532. The summed E-state index contributed by atoms with van der Waals surface area (Å²) in [5.74, 6) is 0.532. The molecule has 6 heteroatoms. The van der Waals surface area contributed by atoms with Gasteiger partial charge in [-0.3, -0.25) is 0 Å². The molecule has 0 radical (unpaired) electrons. The van der Waals surface area contributed by atoms with Crippen LogP contribution < -0.4 is 5.73 Å². The van der Waals surface area contributed by atoms with Crippen LogP contribution in [0.25, 0.3) is 5.65 Å². The van der Waals surface area contributed by atoms with Gasteiger partial charge in [0.1, 0.15) is 10.8 Å². The van der Waals surface area contributed by atoms with E-state index in [1.165, 1.54) is 0 Å². The quantitative estimate of drug-likeness (QED) is 0.876. The Bertz CT molecular complexity index is 521. The Morgan fingerprint density at radius 1 is 1.41 bits per heavy atom. The highest BCUT2D eigenvalue weighted by Crippen LogP contribution is 2.31. The van der Waals surface area contributed by atoms with Crippen molar-refractivity contribution in [1.29, 1.82) is 0 Å². The van der Waals surface area contributed by atoms with E-state index in [0.29, 0.717) is 11.1 Å². The SMILES string of the molecule is Nc1cn2ccnc2c(SC2CCOCC2)n1. The van der Waals surface area contributed by atoms with E-state index in [-0.39, 0.29) is 0 Å². The van der Waals surface area contributed by atoms with Crippen molar-refractivity contribution >= 4 is 23.2 Å². The van der Waals surface area contributed by atoms with E-state index in [1.54, 1.807) is 24.2 Å². The number of rotatable bonds is 2. The molecule has 17 heavy (non-hydrogen) atoms. The average molecular weight is 250 g/mol. The van der Waals surface area contributed by atoms with Crippen LogP contribution in [0.3, 0.4) is 0 Å². The number of anilines is 1. The van der Waals surface area contributed by atoms with Crippen LogP contribution in [-0.2, 0) is 4.74 Å². The minimum atomic E-state index is 0.532. The summed E-state index contributed by atoms with van der Waals surface area (Å²) in [6.45, 7) is 1.68. The lowest BCUT2D eigenvalue weighted by atomic mass is 10.2. The average Bonchev–Trinajstić information content (AvgIpc) is 2.78. The summed E-state index contributed by atoms with van der Waals surface area (Å²) in [6.07, 6.45) is 7.57. The molecule has 2 aromatic rings. The van der Waals surface area contributed by atoms with Crippen LogP contribution in [0.5, 0.6) is 0 Å². The number of thioether (sulfide) groups is 1. The van der Waals surface area contributed by atoms with Gasteiger partial charge in [0.15, 0.2) is 5.65 Å². The summed E-state index contributed by atoms with van der Waals surface area (Å²) < 4.78 is 7.27. The first-order valence-electron chi connectivity index (χ1n) is 5.66. The third-order valence-electron chi connectivity index (χ3n) is 2.81. The standard InChI is InChI=1S/C11H14N4OS/c12-9-7-15-4-3-13-10(15)11(14-9)17-8-1-5-16-6-2-8/h3-4,7-8H,1-2,5-6,12H2. The monoisotopic (exact) mass is 250 g/mol. The number of nitrogens with zero attached hydrogens (tertiary/aromatic N) is 3. The molecule has 1 aliphatic rings. The van der Waals surface area contributed by atoms with Crippen molar-refractivity contribution in [3.8, 4) is 0 Å². The number of ether oxygens (including phenoxy) is 1. The van der Waals surface area contributed by atoms with E-state index in [9.17, 15) is 0 Å². The summed E-state index contributed by atoms with van der Waals surface area (Å²) >= 11 is 1.76. The van der Waals surface area contributed by atoms with Gasteiger partial charge in [0.05, 0.1) is 6.20 Å².